The Morgan fingerprint density at radius 1 is 1.33 bits per heavy atom. The molecule has 1 heterocycles. The number of amides is 1. The molecule has 2 aromatic rings. The van der Waals surface area contributed by atoms with Crippen LogP contribution in [0.15, 0.2) is 18.2 Å². The summed E-state index contributed by atoms with van der Waals surface area (Å²) in [5.41, 5.74) is 1.13. The zero-order chi connectivity index (χ0) is 15.5. The van der Waals surface area contributed by atoms with E-state index in [4.69, 9.17) is 0 Å². The average molecular weight is 327 g/mol. The first kappa shape index (κ1) is 15.7. The van der Waals surface area contributed by atoms with Gasteiger partial charge in [0.05, 0.1) is 21.7 Å². The average Bonchev–Trinajstić information content (AvgIpc) is 2.79. The number of anilines is 2. The van der Waals surface area contributed by atoms with E-state index < -0.39 is 10.0 Å². The minimum absolute atomic E-state index is 0.0143. The molecule has 0 aliphatic rings. The Labute approximate surface area is 127 Å². The summed E-state index contributed by atoms with van der Waals surface area (Å²) in [5, 5.41) is 3.27. The lowest BCUT2D eigenvalue weighted by atomic mass is 10.3. The topological polar surface area (TPSA) is 88.2 Å². The molecule has 1 aromatic heterocycles. The van der Waals surface area contributed by atoms with Gasteiger partial charge in [0, 0.05) is 6.42 Å². The number of carbonyl (C=O) groups is 1. The normalized spacial score (nSPS) is 11.5. The highest BCUT2D eigenvalue weighted by Gasteiger charge is 2.10. The predicted octanol–water partition coefficient (Wildman–Crippen LogP) is 2.80. The van der Waals surface area contributed by atoms with Gasteiger partial charge in [-0.05, 0) is 31.5 Å². The molecule has 0 aliphatic carbocycles. The summed E-state index contributed by atoms with van der Waals surface area (Å²) in [6, 6.07) is 5.13. The fraction of sp³-hybridized carbons (Fsp3) is 0.385. The summed E-state index contributed by atoms with van der Waals surface area (Å²) in [6.07, 6.45) is 1.23. The van der Waals surface area contributed by atoms with E-state index in [9.17, 15) is 13.2 Å². The Hall–Kier alpha value is -1.67. The van der Waals surface area contributed by atoms with Gasteiger partial charge in [-0.3, -0.25) is 9.52 Å². The van der Waals surface area contributed by atoms with Crippen LogP contribution in [0.1, 0.15) is 26.7 Å². The molecule has 8 heteroatoms. The van der Waals surface area contributed by atoms with Crippen molar-refractivity contribution in [1.29, 1.82) is 0 Å². The number of carbonyl (C=O) groups excluding carboxylic acids is 1. The maximum atomic E-state index is 11.5. The van der Waals surface area contributed by atoms with Crippen LogP contribution in [-0.4, -0.2) is 25.1 Å². The molecule has 0 saturated carbocycles. The zero-order valence-corrected chi connectivity index (χ0v) is 13.5. The third kappa shape index (κ3) is 4.15. The maximum Gasteiger partial charge on any atom is 0.232 e. The first-order chi connectivity index (χ1) is 9.93. The van der Waals surface area contributed by atoms with E-state index in [1.54, 1.807) is 25.1 Å². The Morgan fingerprint density at radius 2 is 2.10 bits per heavy atom. The Bertz CT molecular complexity index is 753. The van der Waals surface area contributed by atoms with Crippen molar-refractivity contribution in [3.63, 3.8) is 0 Å². The van der Waals surface area contributed by atoms with Crippen molar-refractivity contribution in [1.82, 2.24) is 4.98 Å². The zero-order valence-electron chi connectivity index (χ0n) is 11.8. The largest absolute Gasteiger partial charge is 0.302 e. The van der Waals surface area contributed by atoms with Crippen LogP contribution in [0.2, 0.25) is 0 Å². The summed E-state index contributed by atoms with van der Waals surface area (Å²) < 4.78 is 26.5. The third-order valence-electron chi connectivity index (χ3n) is 2.76. The van der Waals surface area contributed by atoms with Gasteiger partial charge in [-0.25, -0.2) is 13.4 Å². The molecule has 0 radical (unpaired) electrons. The number of fused-ring (bicyclic) bond motifs is 1. The Kier molecular flexibility index (Phi) is 4.79. The summed E-state index contributed by atoms with van der Waals surface area (Å²) in [7, 11) is -3.30. The second-order valence-corrected chi connectivity index (χ2v) is 7.55. The molecule has 1 aromatic carbocycles. The van der Waals surface area contributed by atoms with E-state index in [0.29, 0.717) is 22.8 Å². The van der Waals surface area contributed by atoms with Crippen molar-refractivity contribution in [2.75, 3.05) is 15.8 Å². The fourth-order valence-corrected chi connectivity index (χ4v) is 3.20. The summed E-state index contributed by atoms with van der Waals surface area (Å²) in [6.45, 7) is 3.51. The van der Waals surface area contributed by atoms with Gasteiger partial charge >= 0.3 is 0 Å². The van der Waals surface area contributed by atoms with Crippen LogP contribution in [0.4, 0.5) is 10.8 Å². The van der Waals surface area contributed by atoms with Crippen LogP contribution in [-0.2, 0) is 14.8 Å². The molecule has 0 saturated heterocycles. The molecule has 0 spiro atoms. The number of benzene rings is 1. The summed E-state index contributed by atoms with van der Waals surface area (Å²) in [4.78, 5) is 15.8. The SMILES string of the molecule is CCCC(=O)Nc1nc2cc(NS(=O)(=O)CC)ccc2s1. The number of thiazole rings is 1. The lowest BCUT2D eigenvalue weighted by molar-refractivity contribution is -0.116. The number of hydrogen-bond acceptors (Lipinski definition) is 5. The molecule has 0 unspecified atom stereocenters. The van der Waals surface area contributed by atoms with Gasteiger partial charge in [0.15, 0.2) is 5.13 Å². The van der Waals surface area contributed by atoms with Crippen LogP contribution in [0.5, 0.6) is 0 Å². The summed E-state index contributed by atoms with van der Waals surface area (Å²) in [5.74, 6) is -0.0519. The minimum Gasteiger partial charge on any atom is -0.302 e. The number of nitrogens with one attached hydrogen (secondary N) is 2. The monoisotopic (exact) mass is 327 g/mol. The van der Waals surface area contributed by atoms with Crippen molar-refractivity contribution >= 4 is 48.3 Å². The summed E-state index contributed by atoms with van der Waals surface area (Å²) >= 11 is 1.36. The quantitative estimate of drug-likeness (QED) is 0.854. The van der Waals surface area contributed by atoms with Gasteiger partial charge in [-0.2, -0.15) is 0 Å². The number of sulfonamides is 1. The fourth-order valence-electron chi connectivity index (χ4n) is 1.70. The van der Waals surface area contributed by atoms with Crippen LogP contribution in [0.3, 0.4) is 0 Å². The highest BCUT2D eigenvalue weighted by Crippen LogP contribution is 2.28. The van der Waals surface area contributed by atoms with E-state index >= 15 is 0 Å². The molecule has 2 N–H and O–H groups in total. The van der Waals surface area contributed by atoms with E-state index in [1.807, 2.05) is 6.92 Å². The van der Waals surface area contributed by atoms with Crippen LogP contribution in [0, 0.1) is 0 Å². The van der Waals surface area contributed by atoms with Gasteiger partial charge < -0.3 is 5.32 Å². The number of nitrogens with zero attached hydrogens (tertiary/aromatic N) is 1. The third-order valence-corrected chi connectivity index (χ3v) is 5.02. The van der Waals surface area contributed by atoms with Crippen LogP contribution in [0.25, 0.3) is 10.2 Å². The van der Waals surface area contributed by atoms with Crippen molar-refractivity contribution < 1.29 is 13.2 Å². The highest BCUT2D eigenvalue weighted by molar-refractivity contribution is 7.92. The van der Waals surface area contributed by atoms with Crippen molar-refractivity contribution in [2.24, 2.45) is 0 Å². The van der Waals surface area contributed by atoms with Gasteiger partial charge in [-0.1, -0.05) is 18.3 Å². The van der Waals surface area contributed by atoms with E-state index in [0.717, 1.165) is 11.1 Å². The number of rotatable bonds is 6. The van der Waals surface area contributed by atoms with Crippen molar-refractivity contribution in [3.05, 3.63) is 18.2 Å². The molecule has 0 aliphatic heterocycles. The lowest BCUT2D eigenvalue weighted by Gasteiger charge is -2.04. The smallest absolute Gasteiger partial charge is 0.232 e. The van der Waals surface area contributed by atoms with Gasteiger partial charge in [0.2, 0.25) is 15.9 Å². The maximum absolute atomic E-state index is 11.5. The second-order valence-electron chi connectivity index (χ2n) is 4.51. The Balaban J connectivity index is 2.22. The molecule has 0 fully saturated rings. The highest BCUT2D eigenvalue weighted by atomic mass is 32.2. The molecular weight excluding hydrogens is 310 g/mol. The molecule has 2 rings (SSSR count). The molecule has 1 amide bonds. The number of hydrogen-bond donors (Lipinski definition) is 2. The van der Waals surface area contributed by atoms with E-state index in [1.165, 1.54) is 11.3 Å². The van der Waals surface area contributed by atoms with Gasteiger partial charge in [0.1, 0.15) is 0 Å². The van der Waals surface area contributed by atoms with Gasteiger partial charge in [-0.15, -0.1) is 0 Å². The molecule has 21 heavy (non-hydrogen) atoms. The van der Waals surface area contributed by atoms with E-state index in [-0.39, 0.29) is 11.7 Å². The predicted molar refractivity (Wildman–Crippen MR) is 86.2 cm³/mol. The molecule has 0 atom stereocenters. The Morgan fingerprint density at radius 3 is 2.76 bits per heavy atom. The first-order valence-electron chi connectivity index (χ1n) is 6.64. The minimum atomic E-state index is -3.30. The van der Waals surface area contributed by atoms with Crippen molar-refractivity contribution in [2.45, 2.75) is 26.7 Å². The second kappa shape index (κ2) is 6.40. The standard InChI is InChI=1S/C13H17N3O3S2/c1-3-5-12(17)15-13-14-10-8-9(6-7-11(10)20-13)16-21(18,19)4-2/h6-8,16H,3-5H2,1-2H3,(H,14,15,17). The van der Waals surface area contributed by atoms with Gasteiger partial charge in [0.25, 0.3) is 0 Å². The molecule has 0 bridgehead atoms. The van der Waals surface area contributed by atoms with E-state index in [2.05, 4.69) is 15.0 Å². The lowest BCUT2D eigenvalue weighted by Crippen LogP contribution is -2.14. The molecule has 6 nitrogen and oxygen atoms in total. The molecular formula is C13H17N3O3S2. The first-order valence-corrected chi connectivity index (χ1v) is 9.11. The van der Waals surface area contributed by atoms with Crippen LogP contribution >= 0.6 is 11.3 Å². The van der Waals surface area contributed by atoms with Crippen molar-refractivity contribution in [3.8, 4) is 0 Å². The number of aromatic nitrogens is 1. The molecule has 114 valence electrons. The van der Waals surface area contributed by atoms with Crippen LogP contribution < -0.4 is 10.0 Å².